The van der Waals surface area contributed by atoms with E-state index in [9.17, 15) is 0 Å². The molecule has 3 aromatic rings. The summed E-state index contributed by atoms with van der Waals surface area (Å²) in [6.07, 6.45) is 3.91. The highest BCUT2D eigenvalue weighted by molar-refractivity contribution is 5.77. The minimum atomic E-state index is 0.804. The fraction of sp³-hybridized carbons (Fsp3) is 0.158. The first-order valence-electron chi connectivity index (χ1n) is 7.55. The van der Waals surface area contributed by atoms with Crippen LogP contribution in [0.4, 0.5) is 0 Å². The molecule has 3 heteroatoms. The third-order valence-corrected chi connectivity index (χ3v) is 3.52. The molecule has 1 aromatic heterocycles. The quantitative estimate of drug-likeness (QED) is 0.491. The van der Waals surface area contributed by atoms with Crippen LogP contribution in [0, 0.1) is 0 Å². The van der Waals surface area contributed by atoms with Crippen molar-refractivity contribution < 1.29 is 0 Å². The van der Waals surface area contributed by atoms with Crippen LogP contribution in [-0.4, -0.2) is 15.0 Å². The van der Waals surface area contributed by atoms with Gasteiger partial charge in [0.25, 0.3) is 0 Å². The van der Waals surface area contributed by atoms with E-state index in [4.69, 9.17) is 10.2 Å². The average Bonchev–Trinajstić information content (AvgIpc) is 3.01. The SMILES string of the molecule is C=CCCCn1nc(-c2ccccc2)c(-c2ccccc2)n1. The summed E-state index contributed by atoms with van der Waals surface area (Å²) < 4.78 is 0. The molecule has 0 fully saturated rings. The van der Waals surface area contributed by atoms with E-state index >= 15 is 0 Å². The molecule has 0 saturated carbocycles. The number of unbranched alkanes of at least 4 members (excludes halogenated alkanes) is 1. The molecule has 0 aliphatic rings. The zero-order valence-electron chi connectivity index (χ0n) is 12.5. The summed E-state index contributed by atoms with van der Waals surface area (Å²) in [5.74, 6) is 0. The number of allylic oxidation sites excluding steroid dienone is 1. The molecule has 3 nitrogen and oxygen atoms in total. The normalized spacial score (nSPS) is 10.5. The van der Waals surface area contributed by atoms with Gasteiger partial charge in [0.05, 0.1) is 6.54 Å². The molecule has 110 valence electrons. The third-order valence-electron chi connectivity index (χ3n) is 3.52. The molecule has 2 aromatic carbocycles. The zero-order chi connectivity index (χ0) is 15.2. The van der Waals surface area contributed by atoms with Gasteiger partial charge in [-0.2, -0.15) is 15.0 Å². The largest absolute Gasteiger partial charge is 0.184 e. The molecule has 0 bridgehead atoms. The van der Waals surface area contributed by atoms with E-state index in [1.54, 1.807) is 4.80 Å². The standard InChI is InChI=1S/C19H19N3/c1-2-3-10-15-22-20-18(16-11-6-4-7-12-16)19(21-22)17-13-8-5-9-14-17/h2,4-9,11-14H,1,3,10,15H2. The molecule has 3 rings (SSSR count). The van der Waals surface area contributed by atoms with Crippen LogP contribution < -0.4 is 0 Å². The van der Waals surface area contributed by atoms with Gasteiger partial charge in [0.15, 0.2) is 0 Å². The predicted octanol–water partition coefficient (Wildman–Crippen LogP) is 4.58. The van der Waals surface area contributed by atoms with Gasteiger partial charge in [-0.05, 0) is 12.8 Å². The van der Waals surface area contributed by atoms with Gasteiger partial charge in [-0.3, -0.25) is 0 Å². The Morgan fingerprint density at radius 2 is 1.32 bits per heavy atom. The van der Waals surface area contributed by atoms with Crippen LogP contribution >= 0.6 is 0 Å². The smallest absolute Gasteiger partial charge is 0.121 e. The fourth-order valence-electron chi connectivity index (χ4n) is 2.41. The molecule has 1 heterocycles. The van der Waals surface area contributed by atoms with Gasteiger partial charge in [-0.15, -0.1) is 6.58 Å². The summed E-state index contributed by atoms with van der Waals surface area (Å²) in [7, 11) is 0. The number of hydrogen-bond acceptors (Lipinski definition) is 2. The van der Waals surface area contributed by atoms with E-state index in [1.165, 1.54) is 0 Å². The molecular weight excluding hydrogens is 270 g/mol. The van der Waals surface area contributed by atoms with Crippen molar-refractivity contribution in [2.24, 2.45) is 0 Å². The Morgan fingerprint density at radius 3 is 1.77 bits per heavy atom. The minimum Gasteiger partial charge on any atom is -0.184 e. The van der Waals surface area contributed by atoms with E-state index in [0.29, 0.717) is 0 Å². The van der Waals surface area contributed by atoms with Crippen LogP contribution in [0.5, 0.6) is 0 Å². The summed E-state index contributed by atoms with van der Waals surface area (Å²) in [4.78, 5) is 1.80. The lowest BCUT2D eigenvalue weighted by atomic mass is 10.1. The summed E-state index contributed by atoms with van der Waals surface area (Å²) in [5, 5.41) is 9.40. The van der Waals surface area contributed by atoms with Gasteiger partial charge < -0.3 is 0 Å². The number of hydrogen-bond donors (Lipinski definition) is 0. The van der Waals surface area contributed by atoms with Crippen molar-refractivity contribution in [3.05, 3.63) is 73.3 Å². The Kier molecular flexibility index (Phi) is 4.44. The highest BCUT2D eigenvalue weighted by Crippen LogP contribution is 2.28. The Bertz CT molecular complexity index is 673. The molecule has 0 aliphatic heterocycles. The van der Waals surface area contributed by atoms with Gasteiger partial charge in [0, 0.05) is 11.1 Å². The Morgan fingerprint density at radius 1 is 0.818 bits per heavy atom. The van der Waals surface area contributed by atoms with Crippen LogP contribution in [-0.2, 0) is 6.54 Å². The van der Waals surface area contributed by atoms with E-state index in [2.05, 4.69) is 30.8 Å². The lowest BCUT2D eigenvalue weighted by molar-refractivity contribution is 0.518. The van der Waals surface area contributed by atoms with Crippen molar-refractivity contribution in [2.75, 3.05) is 0 Å². The second-order valence-corrected chi connectivity index (χ2v) is 5.16. The number of nitrogens with zero attached hydrogens (tertiary/aromatic N) is 3. The van der Waals surface area contributed by atoms with Crippen LogP contribution in [0.15, 0.2) is 73.3 Å². The van der Waals surface area contributed by atoms with Crippen molar-refractivity contribution in [1.82, 2.24) is 15.0 Å². The first-order chi connectivity index (χ1) is 10.9. The molecule has 0 N–H and O–H groups in total. The van der Waals surface area contributed by atoms with Crippen LogP contribution in [0.3, 0.4) is 0 Å². The molecule has 0 spiro atoms. The zero-order valence-corrected chi connectivity index (χ0v) is 12.5. The van der Waals surface area contributed by atoms with Crippen LogP contribution in [0.1, 0.15) is 12.8 Å². The van der Waals surface area contributed by atoms with E-state index in [-0.39, 0.29) is 0 Å². The van der Waals surface area contributed by atoms with E-state index < -0.39 is 0 Å². The van der Waals surface area contributed by atoms with Crippen LogP contribution in [0.25, 0.3) is 22.5 Å². The highest BCUT2D eigenvalue weighted by atomic mass is 15.5. The summed E-state index contributed by atoms with van der Waals surface area (Å²) >= 11 is 0. The van der Waals surface area contributed by atoms with Crippen molar-refractivity contribution in [1.29, 1.82) is 0 Å². The summed E-state index contributed by atoms with van der Waals surface area (Å²) in [5.41, 5.74) is 4.06. The maximum atomic E-state index is 4.70. The average molecular weight is 289 g/mol. The molecule has 0 radical (unpaired) electrons. The number of aryl methyl sites for hydroxylation is 1. The molecule has 22 heavy (non-hydrogen) atoms. The van der Waals surface area contributed by atoms with E-state index in [0.717, 1.165) is 41.9 Å². The maximum absolute atomic E-state index is 4.70. The van der Waals surface area contributed by atoms with Crippen LogP contribution in [0.2, 0.25) is 0 Å². The highest BCUT2D eigenvalue weighted by Gasteiger charge is 2.14. The lowest BCUT2D eigenvalue weighted by Crippen LogP contribution is -2.02. The maximum Gasteiger partial charge on any atom is 0.121 e. The first-order valence-corrected chi connectivity index (χ1v) is 7.55. The second kappa shape index (κ2) is 6.85. The van der Waals surface area contributed by atoms with E-state index in [1.807, 2.05) is 42.5 Å². The predicted molar refractivity (Wildman–Crippen MR) is 90.3 cm³/mol. The summed E-state index contributed by atoms with van der Waals surface area (Å²) in [6, 6.07) is 20.4. The van der Waals surface area contributed by atoms with Gasteiger partial charge in [0.2, 0.25) is 0 Å². The topological polar surface area (TPSA) is 30.7 Å². The van der Waals surface area contributed by atoms with Gasteiger partial charge >= 0.3 is 0 Å². The molecular formula is C19H19N3. The van der Waals surface area contributed by atoms with Gasteiger partial charge in [0.1, 0.15) is 11.4 Å². The summed E-state index contributed by atoms with van der Waals surface area (Å²) in [6.45, 7) is 4.56. The first kappa shape index (κ1) is 14.3. The lowest BCUT2D eigenvalue weighted by Gasteiger charge is -2.00. The molecule has 0 saturated heterocycles. The number of aromatic nitrogens is 3. The number of benzene rings is 2. The second-order valence-electron chi connectivity index (χ2n) is 5.16. The molecule has 0 amide bonds. The monoisotopic (exact) mass is 289 g/mol. The van der Waals surface area contributed by atoms with Crippen molar-refractivity contribution in [2.45, 2.75) is 19.4 Å². The van der Waals surface area contributed by atoms with Crippen molar-refractivity contribution in [3.63, 3.8) is 0 Å². The molecule has 0 atom stereocenters. The number of rotatable bonds is 6. The Balaban J connectivity index is 2.01. The molecule has 0 aliphatic carbocycles. The van der Waals surface area contributed by atoms with Crippen molar-refractivity contribution >= 4 is 0 Å². The van der Waals surface area contributed by atoms with Gasteiger partial charge in [-0.25, -0.2) is 0 Å². The fourth-order valence-corrected chi connectivity index (χ4v) is 2.41. The molecule has 0 unspecified atom stereocenters. The van der Waals surface area contributed by atoms with Crippen molar-refractivity contribution in [3.8, 4) is 22.5 Å². The van der Waals surface area contributed by atoms with Gasteiger partial charge in [-0.1, -0.05) is 66.7 Å². The Labute approximate surface area is 130 Å². The third kappa shape index (κ3) is 3.14. The minimum absolute atomic E-state index is 0.804. The Hall–Kier alpha value is -2.68.